The molecule has 0 radical (unpaired) electrons. The average molecular weight is 218 g/mol. The minimum absolute atomic E-state index is 0.648. The van der Waals surface area contributed by atoms with Crippen LogP contribution in [0.5, 0.6) is 0 Å². The summed E-state index contributed by atoms with van der Waals surface area (Å²) in [5.41, 5.74) is 0. The molecule has 0 atom stereocenters. The molecule has 2 rings (SSSR count). The van der Waals surface area contributed by atoms with Crippen molar-refractivity contribution in [3.8, 4) is 0 Å². The van der Waals surface area contributed by atoms with Crippen LogP contribution < -0.4 is 5.32 Å². The lowest BCUT2D eigenvalue weighted by atomic mass is 10.4. The number of thiophene rings is 1. The fraction of sp³-hybridized carbons (Fsp3) is 0.286. The van der Waals surface area contributed by atoms with E-state index in [1.807, 2.05) is 6.92 Å². The van der Waals surface area contributed by atoms with E-state index in [0.717, 1.165) is 16.8 Å². The Hall–Kier alpha value is -0.940. The first kappa shape index (κ1) is 8.65. The van der Waals surface area contributed by atoms with Gasteiger partial charge in [-0.25, -0.2) is 0 Å². The zero-order chi connectivity index (χ0) is 9.42. The summed E-state index contributed by atoms with van der Waals surface area (Å²) in [4.78, 5) is 1.52. The van der Waals surface area contributed by atoms with E-state index in [-0.39, 0.29) is 0 Å². The van der Waals surface area contributed by atoms with Crippen molar-refractivity contribution in [3.05, 3.63) is 10.4 Å². The van der Waals surface area contributed by atoms with E-state index in [4.69, 9.17) is 11.6 Å². The Labute approximate surface area is 83.7 Å². The van der Waals surface area contributed by atoms with E-state index in [0.29, 0.717) is 15.0 Å². The van der Waals surface area contributed by atoms with Crippen LogP contribution in [0.15, 0.2) is 6.07 Å². The molecule has 2 N–H and O–H groups in total. The molecule has 0 bridgehead atoms. The van der Waals surface area contributed by atoms with Gasteiger partial charge in [0.15, 0.2) is 10.6 Å². The minimum atomic E-state index is 0.648. The molecule has 0 aliphatic rings. The van der Waals surface area contributed by atoms with Gasteiger partial charge in [0.2, 0.25) is 0 Å². The van der Waals surface area contributed by atoms with Gasteiger partial charge in [-0.05, 0) is 13.0 Å². The van der Waals surface area contributed by atoms with Crippen LogP contribution >= 0.6 is 22.9 Å². The molecule has 2 heterocycles. The predicted octanol–water partition coefficient (Wildman–Crippen LogP) is 2.42. The van der Waals surface area contributed by atoms with Crippen LogP contribution in [0.3, 0.4) is 0 Å². The fourth-order valence-electron chi connectivity index (χ4n) is 1.16. The smallest absolute Gasteiger partial charge is 0.166 e. The summed E-state index contributed by atoms with van der Waals surface area (Å²) in [7, 11) is 0. The standard InChI is InChI=1S/C7H8ClN3OS/c1-2-9-6-4-3-5(8)13-7(4)11(12)10-6/h3,12H,2H2,1H3,(H,9,10). The van der Waals surface area contributed by atoms with Crippen LogP contribution in [0.2, 0.25) is 4.34 Å². The molecule has 0 unspecified atom stereocenters. The molecule has 13 heavy (non-hydrogen) atoms. The third kappa shape index (κ3) is 1.34. The van der Waals surface area contributed by atoms with E-state index in [1.54, 1.807) is 6.07 Å². The highest BCUT2D eigenvalue weighted by Crippen LogP contribution is 2.33. The lowest BCUT2D eigenvalue weighted by molar-refractivity contribution is 0.163. The highest BCUT2D eigenvalue weighted by atomic mass is 35.5. The molecular formula is C7H8ClN3OS. The Balaban J connectivity index is 2.61. The minimum Gasteiger partial charge on any atom is -0.411 e. The largest absolute Gasteiger partial charge is 0.411 e. The second kappa shape index (κ2) is 3.08. The van der Waals surface area contributed by atoms with Crippen molar-refractivity contribution in [3.63, 3.8) is 0 Å². The van der Waals surface area contributed by atoms with Crippen LogP contribution in [-0.4, -0.2) is 21.7 Å². The van der Waals surface area contributed by atoms with Crippen LogP contribution in [-0.2, 0) is 0 Å². The summed E-state index contributed by atoms with van der Waals surface area (Å²) < 4.78 is 0.648. The predicted molar refractivity (Wildman–Crippen MR) is 54.0 cm³/mol. The third-order valence-corrected chi connectivity index (χ3v) is 2.89. The van der Waals surface area contributed by atoms with E-state index in [2.05, 4.69) is 10.4 Å². The van der Waals surface area contributed by atoms with E-state index in [9.17, 15) is 5.21 Å². The van der Waals surface area contributed by atoms with Gasteiger partial charge in [0, 0.05) is 6.54 Å². The first-order valence-electron chi connectivity index (χ1n) is 3.83. The lowest BCUT2D eigenvalue weighted by Gasteiger charge is -1.94. The molecule has 2 aromatic rings. The Morgan fingerprint density at radius 1 is 1.77 bits per heavy atom. The number of halogens is 1. The van der Waals surface area contributed by atoms with Crippen LogP contribution in [0, 0.1) is 0 Å². The third-order valence-electron chi connectivity index (χ3n) is 1.66. The van der Waals surface area contributed by atoms with Crippen molar-refractivity contribution in [2.75, 3.05) is 11.9 Å². The Morgan fingerprint density at radius 2 is 2.54 bits per heavy atom. The number of aromatic nitrogens is 2. The van der Waals surface area contributed by atoms with E-state index >= 15 is 0 Å². The first-order valence-corrected chi connectivity index (χ1v) is 5.03. The van der Waals surface area contributed by atoms with Crippen LogP contribution in [0.1, 0.15) is 6.92 Å². The molecule has 0 amide bonds. The van der Waals surface area contributed by atoms with Gasteiger partial charge in [0.05, 0.1) is 9.72 Å². The SMILES string of the molecule is CCNc1nn(O)c2sc(Cl)cc12. The van der Waals surface area contributed by atoms with Crippen LogP contribution in [0.25, 0.3) is 10.2 Å². The second-order valence-electron chi connectivity index (χ2n) is 2.54. The summed E-state index contributed by atoms with van der Waals surface area (Å²) >= 11 is 7.11. The van der Waals surface area contributed by atoms with Gasteiger partial charge in [0.25, 0.3) is 0 Å². The summed E-state index contributed by atoms with van der Waals surface area (Å²) in [6.07, 6.45) is 0. The van der Waals surface area contributed by atoms with Crippen molar-refractivity contribution >= 4 is 39.0 Å². The van der Waals surface area contributed by atoms with Crippen LogP contribution in [0.4, 0.5) is 5.82 Å². The Morgan fingerprint density at radius 3 is 3.23 bits per heavy atom. The maximum absolute atomic E-state index is 9.35. The van der Waals surface area contributed by atoms with Gasteiger partial charge >= 0.3 is 0 Å². The quantitative estimate of drug-likeness (QED) is 0.760. The highest BCUT2D eigenvalue weighted by molar-refractivity contribution is 7.22. The molecule has 0 spiro atoms. The van der Waals surface area contributed by atoms with Gasteiger partial charge in [-0.2, -0.15) is 0 Å². The lowest BCUT2D eigenvalue weighted by Crippen LogP contribution is -1.99. The van der Waals surface area contributed by atoms with Gasteiger partial charge in [-0.3, -0.25) is 0 Å². The fourth-order valence-corrected chi connectivity index (χ4v) is 2.24. The van der Waals surface area contributed by atoms with Gasteiger partial charge in [0.1, 0.15) is 0 Å². The molecular weight excluding hydrogens is 210 g/mol. The van der Waals surface area contributed by atoms with E-state index in [1.165, 1.54) is 11.3 Å². The normalized spacial score (nSPS) is 10.9. The number of nitrogens with one attached hydrogen (secondary N) is 1. The van der Waals surface area contributed by atoms with Gasteiger partial charge in [-0.15, -0.1) is 16.4 Å². The van der Waals surface area contributed by atoms with Gasteiger partial charge in [-0.1, -0.05) is 16.4 Å². The molecule has 70 valence electrons. The zero-order valence-corrected chi connectivity index (χ0v) is 8.48. The molecule has 0 aliphatic carbocycles. The maximum atomic E-state index is 9.35. The number of rotatable bonds is 2. The summed E-state index contributed by atoms with van der Waals surface area (Å²) in [6.45, 7) is 2.73. The Kier molecular flexibility index (Phi) is 2.05. The monoisotopic (exact) mass is 217 g/mol. The van der Waals surface area contributed by atoms with E-state index < -0.39 is 0 Å². The van der Waals surface area contributed by atoms with Crippen molar-refractivity contribution in [1.82, 2.24) is 9.94 Å². The van der Waals surface area contributed by atoms with Crippen molar-refractivity contribution in [1.29, 1.82) is 0 Å². The highest BCUT2D eigenvalue weighted by Gasteiger charge is 2.12. The second-order valence-corrected chi connectivity index (χ2v) is 4.20. The van der Waals surface area contributed by atoms with Crippen molar-refractivity contribution < 1.29 is 5.21 Å². The average Bonchev–Trinajstić information content (AvgIpc) is 2.55. The summed E-state index contributed by atoms with van der Waals surface area (Å²) in [5, 5.41) is 17.1. The number of anilines is 1. The number of nitrogens with zero attached hydrogens (tertiary/aromatic N) is 2. The number of hydrogen-bond acceptors (Lipinski definition) is 4. The maximum Gasteiger partial charge on any atom is 0.166 e. The summed E-state index contributed by atoms with van der Waals surface area (Å²) in [6, 6.07) is 1.79. The van der Waals surface area contributed by atoms with Gasteiger partial charge < -0.3 is 10.5 Å². The Bertz CT molecular complexity index is 436. The molecule has 6 heteroatoms. The first-order chi connectivity index (χ1) is 6.22. The van der Waals surface area contributed by atoms with Crippen molar-refractivity contribution in [2.45, 2.75) is 6.92 Å². The number of fused-ring (bicyclic) bond motifs is 1. The van der Waals surface area contributed by atoms with Crippen molar-refractivity contribution in [2.24, 2.45) is 0 Å². The molecule has 0 aromatic carbocycles. The molecule has 0 aliphatic heterocycles. The molecule has 0 fully saturated rings. The molecule has 0 saturated carbocycles. The zero-order valence-electron chi connectivity index (χ0n) is 6.91. The number of hydrogen-bond donors (Lipinski definition) is 2. The molecule has 4 nitrogen and oxygen atoms in total. The topological polar surface area (TPSA) is 50.1 Å². The molecule has 0 saturated heterocycles. The molecule has 2 aromatic heterocycles. The summed E-state index contributed by atoms with van der Waals surface area (Å²) in [5.74, 6) is 0.670.